The van der Waals surface area contributed by atoms with E-state index >= 15 is 0 Å². The summed E-state index contributed by atoms with van der Waals surface area (Å²) in [6.07, 6.45) is 0.897. The zero-order valence-electron chi connectivity index (χ0n) is 16.3. The number of ether oxygens (including phenoxy) is 1. The molecule has 0 saturated heterocycles. The fraction of sp³-hybridized carbons (Fsp3) is 0.579. The summed E-state index contributed by atoms with van der Waals surface area (Å²) in [6, 6.07) is 7.65. The molecule has 0 spiro atoms. The molecule has 0 aliphatic heterocycles. The SMILES string of the molecule is CN=C(NCCc1cccc(C(=O)NC)c1)NCC(OC)C(C)(C)C. The molecule has 3 N–H and O–H groups in total. The Morgan fingerprint density at radius 3 is 2.56 bits per heavy atom. The second kappa shape index (κ2) is 10.0. The van der Waals surface area contributed by atoms with Gasteiger partial charge in [0.2, 0.25) is 0 Å². The molecule has 1 aromatic carbocycles. The van der Waals surface area contributed by atoms with Crippen LogP contribution in [0.3, 0.4) is 0 Å². The second-order valence-corrected chi connectivity index (χ2v) is 7.00. The van der Waals surface area contributed by atoms with E-state index < -0.39 is 0 Å². The molecule has 140 valence electrons. The molecule has 0 aromatic heterocycles. The molecule has 0 fully saturated rings. The van der Waals surface area contributed by atoms with Crippen molar-refractivity contribution in [2.45, 2.75) is 33.3 Å². The maximum absolute atomic E-state index is 11.7. The van der Waals surface area contributed by atoms with Crippen LogP contribution in [0.5, 0.6) is 0 Å². The fourth-order valence-electron chi connectivity index (χ4n) is 2.49. The van der Waals surface area contributed by atoms with Gasteiger partial charge in [-0.15, -0.1) is 0 Å². The monoisotopic (exact) mass is 348 g/mol. The first-order chi connectivity index (χ1) is 11.8. The van der Waals surface area contributed by atoms with Crippen LogP contribution in [0.15, 0.2) is 29.3 Å². The maximum Gasteiger partial charge on any atom is 0.251 e. The minimum Gasteiger partial charge on any atom is -0.379 e. The quantitative estimate of drug-likeness (QED) is 0.519. The number of nitrogens with zero attached hydrogens (tertiary/aromatic N) is 1. The third-order valence-corrected chi connectivity index (χ3v) is 4.05. The number of nitrogens with one attached hydrogen (secondary N) is 3. The van der Waals surface area contributed by atoms with Crippen LogP contribution >= 0.6 is 0 Å². The average molecular weight is 348 g/mol. The second-order valence-electron chi connectivity index (χ2n) is 7.00. The Kier molecular flexibility index (Phi) is 8.41. The lowest BCUT2D eigenvalue weighted by molar-refractivity contribution is 0.0205. The Balaban J connectivity index is 2.49. The van der Waals surface area contributed by atoms with Crippen LogP contribution in [0.4, 0.5) is 0 Å². The van der Waals surface area contributed by atoms with E-state index in [-0.39, 0.29) is 17.4 Å². The number of carbonyl (C=O) groups is 1. The molecule has 0 heterocycles. The first-order valence-electron chi connectivity index (χ1n) is 8.60. The van der Waals surface area contributed by atoms with Crippen LogP contribution in [-0.4, -0.2) is 52.3 Å². The summed E-state index contributed by atoms with van der Waals surface area (Å²) < 4.78 is 5.55. The van der Waals surface area contributed by atoms with Gasteiger partial charge in [0.1, 0.15) is 0 Å². The highest BCUT2D eigenvalue weighted by Gasteiger charge is 2.24. The van der Waals surface area contributed by atoms with E-state index in [1.807, 2.05) is 24.3 Å². The zero-order valence-corrected chi connectivity index (χ0v) is 16.3. The molecule has 6 heteroatoms. The van der Waals surface area contributed by atoms with E-state index in [1.165, 1.54) is 0 Å². The number of benzene rings is 1. The van der Waals surface area contributed by atoms with Crippen molar-refractivity contribution in [3.8, 4) is 0 Å². The Morgan fingerprint density at radius 1 is 1.28 bits per heavy atom. The summed E-state index contributed by atoms with van der Waals surface area (Å²) in [4.78, 5) is 15.9. The van der Waals surface area contributed by atoms with Crippen molar-refractivity contribution in [2.75, 3.05) is 34.3 Å². The van der Waals surface area contributed by atoms with Gasteiger partial charge in [-0.25, -0.2) is 0 Å². The van der Waals surface area contributed by atoms with Crippen molar-refractivity contribution < 1.29 is 9.53 Å². The topological polar surface area (TPSA) is 74.8 Å². The van der Waals surface area contributed by atoms with Crippen molar-refractivity contribution in [3.63, 3.8) is 0 Å². The Morgan fingerprint density at radius 2 is 2.00 bits per heavy atom. The van der Waals surface area contributed by atoms with E-state index in [0.717, 1.165) is 24.5 Å². The standard InChI is InChI=1S/C19H32N4O2/c1-19(2,3)16(25-6)13-23-18(21-5)22-11-10-14-8-7-9-15(12-14)17(24)20-4/h7-9,12,16H,10-11,13H2,1-6H3,(H,20,24)(H2,21,22,23). The summed E-state index contributed by atoms with van der Waals surface area (Å²) in [6.45, 7) is 7.87. The van der Waals surface area contributed by atoms with Gasteiger partial charge in [-0.2, -0.15) is 0 Å². The van der Waals surface area contributed by atoms with Crippen LogP contribution in [0, 0.1) is 5.41 Å². The summed E-state index contributed by atoms with van der Waals surface area (Å²) in [7, 11) is 5.12. The van der Waals surface area contributed by atoms with Gasteiger partial charge in [0.25, 0.3) is 5.91 Å². The van der Waals surface area contributed by atoms with Crippen LogP contribution in [0.1, 0.15) is 36.7 Å². The molecule has 1 atom stereocenters. The largest absolute Gasteiger partial charge is 0.379 e. The van der Waals surface area contributed by atoms with Gasteiger partial charge >= 0.3 is 0 Å². The first-order valence-corrected chi connectivity index (χ1v) is 8.60. The van der Waals surface area contributed by atoms with E-state index in [1.54, 1.807) is 21.2 Å². The van der Waals surface area contributed by atoms with Gasteiger partial charge in [-0.1, -0.05) is 32.9 Å². The van der Waals surface area contributed by atoms with Gasteiger partial charge in [-0.05, 0) is 29.5 Å². The van der Waals surface area contributed by atoms with E-state index in [0.29, 0.717) is 12.1 Å². The van der Waals surface area contributed by atoms with Crippen LogP contribution < -0.4 is 16.0 Å². The molecule has 6 nitrogen and oxygen atoms in total. The fourth-order valence-corrected chi connectivity index (χ4v) is 2.49. The molecule has 0 radical (unpaired) electrons. The Bertz CT molecular complexity index is 579. The molecule has 1 aromatic rings. The Hall–Kier alpha value is -2.08. The van der Waals surface area contributed by atoms with Crippen LogP contribution in [0.25, 0.3) is 0 Å². The molecule has 25 heavy (non-hydrogen) atoms. The molecule has 1 unspecified atom stereocenters. The molecule has 1 amide bonds. The summed E-state index contributed by atoms with van der Waals surface area (Å²) >= 11 is 0. The molecule has 0 saturated carbocycles. The third kappa shape index (κ3) is 7.13. The summed E-state index contributed by atoms with van der Waals surface area (Å²) in [5.41, 5.74) is 1.84. The number of guanidine groups is 1. The summed E-state index contributed by atoms with van der Waals surface area (Å²) in [5, 5.41) is 9.24. The van der Waals surface area contributed by atoms with E-state index in [2.05, 4.69) is 41.7 Å². The lowest BCUT2D eigenvalue weighted by atomic mass is 9.89. The van der Waals surface area contributed by atoms with E-state index in [4.69, 9.17) is 4.74 Å². The minimum atomic E-state index is -0.0694. The number of methoxy groups -OCH3 is 1. The molecular weight excluding hydrogens is 316 g/mol. The van der Waals surface area contributed by atoms with Crippen LogP contribution in [-0.2, 0) is 11.2 Å². The molecule has 0 aliphatic rings. The minimum absolute atomic E-state index is 0.0564. The lowest BCUT2D eigenvalue weighted by Gasteiger charge is -2.30. The smallest absolute Gasteiger partial charge is 0.251 e. The van der Waals surface area contributed by atoms with Gasteiger partial charge in [0.15, 0.2) is 5.96 Å². The average Bonchev–Trinajstić information content (AvgIpc) is 2.59. The lowest BCUT2D eigenvalue weighted by Crippen LogP contribution is -2.45. The van der Waals surface area contributed by atoms with Crippen LogP contribution in [0.2, 0.25) is 0 Å². The van der Waals surface area contributed by atoms with Gasteiger partial charge in [-0.3, -0.25) is 9.79 Å². The highest BCUT2D eigenvalue weighted by Crippen LogP contribution is 2.20. The number of hydrogen-bond acceptors (Lipinski definition) is 3. The predicted octanol–water partition coefficient (Wildman–Crippen LogP) is 1.81. The number of aliphatic imine (C=N–C) groups is 1. The van der Waals surface area contributed by atoms with Gasteiger partial charge in [0.05, 0.1) is 6.10 Å². The molecule has 0 bridgehead atoms. The Labute approximate surface area is 151 Å². The summed E-state index contributed by atoms with van der Waals surface area (Å²) in [5.74, 6) is 0.675. The van der Waals surface area contributed by atoms with Crippen molar-refractivity contribution in [1.29, 1.82) is 0 Å². The number of hydrogen-bond donors (Lipinski definition) is 3. The normalized spacial score (nSPS) is 13.3. The van der Waals surface area contributed by atoms with Gasteiger partial charge in [0, 0.05) is 39.9 Å². The third-order valence-electron chi connectivity index (χ3n) is 4.05. The van der Waals surface area contributed by atoms with Gasteiger partial charge < -0.3 is 20.7 Å². The molecular formula is C19H32N4O2. The molecule has 0 aliphatic carbocycles. The highest BCUT2D eigenvalue weighted by atomic mass is 16.5. The maximum atomic E-state index is 11.7. The zero-order chi connectivity index (χ0) is 18.9. The highest BCUT2D eigenvalue weighted by molar-refractivity contribution is 5.94. The van der Waals surface area contributed by atoms with Crippen molar-refractivity contribution >= 4 is 11.9 Å². The first kappa shape index (κ1) is 21.0. The predicted molar refractivity (Wildman–Crippen MR) is 103 cm³/mol. The molecule has 1 rings (SSSR count). The van der Waals surface area contributed by atoms with Crippen molar-refractivity contribution in [1.82, 2.24) is 16.0 Å². The van der Waals surface area contributed by atoms with E-state index in [9.17, 15) is 4.79 Å². The van der Waals surface area contributed by atoms with Crippen molar-refractivity contribution in [3.05, 3.63) is 35.4 Å². The van der Waals surface area contributed by atoms with Crippen molar-refractivity contribution in [2.24, 2.45) is 10.4 Å². The number of carbonyl (C=O) groups excluding carboxylic acids is 1. The number of rotatable bonds is 7. The number of amides is 1.